The molecule has 0 aliphatic rings. The van der Waals surface area contributed by atoms with Crippen LogP contribution in [0.3, 0.4) is 0 Å². The molecule has 0 bridgehead atoms. The summed E-state index contributed by atoms with van der Waals surface area (Å²) in [6, 6.07) is 11.9. The normalized spacial score (nSPS) is 11.7. The van der Waals surface area contributed by atoms with E-state index in [-0.39, 0.29) is 6.61 Å². The summed E-state index contributed by atoms with van der Waals surface area (Å²) in [6.07, 6.45) is 0. The van der Waals surface area contributed by atoms with Gasteiger partial charge in [0.1, 0.15) is 6.04 Å². The van der Waals surface area contributed by atoms with Crippen LogP contribution in [-0.2, 0) is 11.4 Å². The van der Waals surface area contributed by atoms with Crippen LogP contribution in [0.1, 0.15) is 34.0 Å². The topological polar surface area (TPSA) is 125 Å². The Morgan fingerprint density at radius 2 is 1.52 bits per heavy atom. The Bertz CT molecular complexity index is 975. The maximum absolute atomic E-state index is 12.3. The lowest BCUT2D eigenvalue weighted by atomic mass is 10.1. The van der Waals surface area contributed by atoms with E-state index in [2.05, 4.69) is 29.0 Å². The first-order valence-corrected chi connectivity index (χ1v) is 8.77. The van der Waals surface area contributed by atoms with Crippen molar-refractivity contribution >= 4 is 11.8 Å². The predicted molar refractivity (Wildman–Crippen MR) is 107 cm³/mol. The molecule has 7 nitrogen and oxygen atoms in total. The number of aliphatic hydroxyl groups is 1. The lowest BCUT2D eigenvalue weighted by Crippen LogP contribution is -2.54. The predicted octanol–water partition coefficient (Wildman–Crippen LogP) is 0.533. The summed E-state index contributed by atoms with van der Waals surface area (Å²) >= 11 is 0. The number of carbonyl (C=O) groups is 2. The average molecular weight is 391 g/mol. The van der Waals surface area contributed by atoms with Gasteiger partial charge >= 0.3 is 0 Å². The molecule has 2 aromatic rings. The molecule has 0 heterocycles. The average Bonchev–Trinajstić information content (AvgIpc) is 2.75. The van der Waals surface area contributed by atoms with Crippen molar-refractivity contribution in [1.82, 2.24) is 10.8 Å². The smallest absolute Gasteiger partial charge is 0.267 e. The van der Waals surface area contributed by atoms with Crippen molar-refractivity contribution in [2.45, 2.75) is 25.6 Å². The van der Waals surface area contributed by atoms with Crippen LogP contribution < -0.4 is 16.5 Å². The van der Waals surface area contributed by atoms with Crippen molar-refractivity contribution in [2.75, 3.05) is 0 Å². The third-order valence-corrected chi connectivity index (χ3v) is 3.96. The third-order valence-electron chi connectivity index (χ3n) is 3.96. The van der Waals surface area contributed by atoms with Crippen LogP contribution in [0.4, 0.5) is 0 Å². The zero-order valence-electron chi connectivity index (χ0n) is 15.8. The van der Waals surface area contributed by atoms with Gasteiger partial charge in [0.2, 0.25) is 0 Å². The van der Waals surface area contributed by atoms with E-state index >= 15 is 0 Å². The van der Waals surface area contributed by atoms with Gasteiger partial charge in [-0.2, -0.15) is 0 Å². The minimum atomic E-state index is -1.06. The molecule has 148 valence electrons. The zero-order chi connectivity index (χ0) is 21.2. The van der Waals surface area contributed by atoms with Crippen molar-refractivity contribution in [1.29, 1.82) is 0 Å². The fourth-order valence-corrected chi connectivity index (χ4v) is 2.34. The molecule has 0 saturated heterocycles. The molecule has 6 N–H and O–H groups in total. The second-order valence-electron chi connectivity index (χ2n) is 6.22. The summed E-state index contributed by atoms with van der Waals surface area (Å²) < 4.78 is 0. The van der Waals surface area contributed by atoms with E-state index in [0.717, 1.165) is 11.1 Å². The summed E-state index contributed by atoms with van der Waals surface area (Å²) in [5.41, 5.74) is 9.74. The van der Waals surface area contributed by atoms with Gasteiger partial charge in [-0.1, -0.05) is 24.0 Å². The molecule has 0 unspecified atom stereocenters. The molecular formula is C22H21N3O4. The Morgan fingerprint density at radius 3 is 1.97 bits per heavy atom. The van der Waals surface area contributed by atoms with Gasteiger partial charge in [-0.05, 0) is 60.7 Å². The molecule has 29 heavy (non-hydrogen) atoms. The SMILES string of the molecule is C[C@@H](N)[C@H](NC(=O)c1ccc(C#CC#Cc2ccc(CO)cc2)cc1)C(=O)NO. The highest BCUT2D eigenvalue weighted by Crippen LogP contribution is 2.05. The highest BCUT2D eigenvalue weighted by atomic mass is 16.5. The highest BCUT2D eigenvalue weighted by Gasteiger charge is 2.24. The Labute approximate surface area is 168 Å². The van der Waals surface area contributed by atoms with Gasteiger partial charge in [-0.25, -0.2) is 5.48 Å². The Kier molecular flexibility index (Phi) is 7.96. The first-order chi connectivity index (χ1) is 13.9. The molecule has 0 aliphatic heterocycles. The molecule has 0 fully saturated rings. The molecule has 0 spiro atoms. The van der Waals surface area contributed by atoms with Gasteiger partial charge in [0, 0.05) is 22.7 Å². The van der Waals surface area contributed by atoms with E-state index in [1.807, 2.05) is 0 Å². The minimum absolute atomic E-state index is 0.0118. The van der Waals surface area contributed by atoms with E-state index in [9.17, 15) is 9.59 Å². The van der Waals surface area contributed by atoms with Crippen molar-refractivity contribution in [2.24, 2.45) is 5.73 Å². The molecule has 2 amide bonds. The van der Waals surface area contributed by atoms with Crippen molar-refractivity contribution in [3.8, 4) is 23.7 Å². The van der Waals surface area contributed by atoms with E-state index in [4.69, 9.17) is 16.0 Å². The van der Waals surface area contributed by atoms with E-state index in [0.29, 0.717) is 11.1 Å². The van der Waals surface area contributed by atoms with Crippen LogP contribution in [-0.4, -0.2) is 34.2 Å². The van der Waals surface area contributed by atoms with Crippen LogP contribution in [0.2, 0.25) is 0 Å². The van der Waals surface area contributed by atoms with Gasteiger partial charge < -0.3 is 16.2 Å². The van der Waals surface area contributed by atoms with Crippen molar-refractivity contribution in [3.63, 3.8) is 0 Å². The lowest BCUT2D eigenvalue weighted by molar-refractivity contribution is -0.131. The first-order valence-electron chi connectivity index (χ1n) is 8.77. The molecule has 0 radical (unpaired) electrons. The van der Waals surface area contributed by atoms with Crippen LogP contribution >= 0.6 is 0 Å². The molecule has 2 aromatic carbocycles. The van der Waals surface area contributed by atoms with Gasteiger partial charge in [0.15, 0.2) is 0 Å². The van der Waals surface area contributed by atoms with Gasteiger partial charge in [0.05, 0.1) is 6.61 Å². The second kappa shape index (κ2) is 10.6. The van der Waals surface area contributed by atoms with Crippen molar-refractivity contribution in [3.05, 3.63) is 70.8 Å². The number of benzene rings is 2. The monoisotopic (exact) mass is 391 g/mol. The zero-order valence-corrected chi connectivity index (χ0v) is 15.8. The quantitative estimate of drug-likeness (QED) is 0.289. The Hall–Kier alpha value is -3.62. The summed E-state index contributed by atoms with van der Waals surface area (Å²) in [5, 5.41) is 20.2. The highest BCUT2D eigenvalue weighted by molar-refractivity contribution is 5.97. The van der Waals surface area contributed by atoms with Gasteiger partial charge in [-0.3, -0.25) is 14.8 Å². The Morgan fingerprint density at radius 1 is 1.00 bits per heavy atom. The number of amides is 2. The maximum atomic E-state index is 12.3. The number of hydrogen-bond donors (Lipinski definition) is 5. The molecule has 2 atom stereocenters. The summed E-state index contributed by atoms with van der Waals surface area (Å²) in [6.45, 7) is 1.53. The van der Waals surface area contributed by atoms with E-state index in [1.54, 1.807) is 55.5 Å². The molecule has 0 aromatic heterocycles. The summed E-state index contributed by atoms with van der Waals surface area (Å²) in [5.74, 6) is 9.98. The fourth-order valence-electron chi connectivity index (χ4n) is 2.34. The standard InChI is InChI=1S/C22H21N3O4/c1-15(23)20(22(28)25-29)24-21(27)19-12-10-17(11-13-19)5-3-2-4-16-6-8-18(14-26)9-7-16/h6-13,15,20,26,29H,14,23H2,1H3,(H,24,27)(H,25,28)/t15-,20+/m1/s1. The molecular weight excluding hydrogens is 370 g/mol. The van der Waals surface area contributed by atoms with E-state index in [1.165, 1.54) is 5.48 Å². The molecule has 0 aliphatic carbocycles. The summed E-state index contributed by atoms with van der Waals surface area (Å²) in [7, 11) is 0. The number of nitrogens with two attached hydrogens (primary N) is 1. The lowest BCUT2D eigenvalue weighted by Gasteiger charge is -2.19. The van der Waals surface area contributed by atoms with Crippen LogP contribution in [0.15, 0.2) is 48.5 Å². The fraction of sp³-hybridized carbons (Fsp3) is 0.182. The van der Waals surface area contributed by atoms with Gasteiger partial charge in [0.25, 0.3) is 11.8 Å². The first kappa shape index (κ1) is 21.7. The summed E-state index contributed by atoms with van der Waals surface area (Å²) in [4.78, 5) is 23.8. The number of nitrogens with one attached hydrogen (secondary N) is 2. The Balaban J connectivity index is 2.02. The van der Waals surface area contributed by atoms with Crippen molar-refractivity contribution < 1.29 is 19.9 Å². The number of hydrogen-bond acceptors (Lipinski definition) is 5. The molecule has 7 heteroatoms. The van der Waals surface area contributed by atoms with Crippen LogP contribution in [0, 0.1) is 23.7 Å². The molecule has 0 saturated carbocycles. The third kappa shape index (κ3) is 6.49. The van der Waals surface area contributed by atoms with Crippen LogP contribution in [0.5, 0.6) is 0 Å². The largest absolute Gasteiger partial charge is 0.392 e. The van der Waals surface area contributed by atoms with Crippen LogP contribution in [0.25, 0.3) is 0 Å². The van der Waals surface area contributed by atoms with E-state index < -0.39 is 23.9 Å². The minimum Gasteiger partial charge on any atom is -0.392 e. The number of carbonyl (C=O) groups excluding carboxylic acids is 2. The maximum Gasteiger partial charge on any atom is 0.267 e. The number of aliphatic hydroxyl groups excluding tert-OH is 1. The van der Waals surface area contributed by atoms with Gasteiger partial charge in [-0.15, -0.1) is 0 Å². The number of hydroxylamine groups is 1. The second-order valence-corrected chi connectivity index (χ2v) is 6.22. The molecule has 2 rings (SSSR count). The number of rotatable bonds is 5.